The molecule has 0 amide bonds. The van der Waals surface area contributed by atoms with Crippen LogP contribution >= 0.6 is 0 Å². The van der Waals surface area contributed by atoms with Gasteiger partial charge in [0.15, 0.2) is 0 Å². The predicted octanol–water partition coefficient (Wildman–Crippen LogP) is 2.60. The highest BCUT2D eigenvalue weighted by molar-refractivity contribution is 5.60. The van der Waals surface area contributed by atoms with Crippen LogP contribution in [0.15, 0.2) is 30.6 Å². The zero-order chi connectivity index (χ0) is 13.0. The van der Waals surface area contributed by atoms with Crippen molar-refractivity contribution in [2.45, 2.75) is 13.0 Å². The van der Waals surface area contributed by atoms with E-state index >= 15 is 0 Å². The average Bonchev–Trinajstić information content (AvgIpc) is 2.93. The number of rotatable bonds is 5. The van der Waals surface area contributed by atoms with E-state index in [9.17, 15) is 0 Å². The van der Waals surface area contributed by atoms with Gasteiger partial charge in [-0.05, 0) is 19.1 Å². The van der Waals surface area contributed by atoms with Crippen molar-refractivity contribution in [2.24, 2.45) is 0 Å². The number of nitrogens with zero attached hydrogens (tertiary/aromatic N) is 1. The van der Waals surface area contributed by atoms with Crippen molar-refractivity contribution in [3.63, 3.8) is 0 Å². The number of aromatic amines is 1. The lowest BCUT2D eigenvalue weighted by molar-refractivity contribution is 0.395. The summed E-state index contributed by atoms with van der Waals surface area (Å²) in [5.74, 6) is 1.53. The Labute approximate surface area is 106 Å². The molecule has 5 nitrogen and oxygen atoms in total. The fraction of sp³-hybridized carbons (Fsp3) is 0.308. The maximum absolute atomic E-state index is 5.34. The Kier molecular flexibility index (Phi) is 3.72. The Bertz CT molecular complexity index is 497. The van der Waals surface area contributed by atoms with Gasteiger partial charge in [0.25, 0.3) is 0 Å². The lowest BCUT2D eigenvalue weighted by Crippen LogP contribution is -2.06. The molecule has 1 aromatic heterocycles. The quantitative estimate of drug-likeness (QED) is 0.852. The van der Waals surface area contributed by atoms with Gasteiger partial charge >= 0.3 is 0 Å². The van der Waals surface area contributed by atoms with Crippen molar-refractivity contribution in [2.75, 3.05) is 19.5 Å². The summed E-state index contributed by atoms with van der Waals surface area (Å²) in [5, 5.41) is 10.1. The molecule has 1 atom stereocenters. The van der Waals surface area contributed by atoms with E-state index in [-0.39, 0.29) is 6.04 Å². The molecule has 0 aliphatic rings. The Morgan fingerprint density at radius 2 is 2.11 bits per heavy atom. The van der Waals surface area contributed by atoms with Gasteiger partial charge in [-0.15, -0.1) is 0 Å². The minimum absolute atomic E-state index is 0.144. The number of nitrogens with one attached hydrogen (secondary N) is 2. The number of H-pyrrole nitrogens is 1. The standard InChI is InChI=1S/C13H17N3O2/c1-9(10-7-14-15-8-10)16-12-5-4-11(17-2)6-13(12)18-3/h4-9,16H,1-3H3,(H,14,15). The molecule has 2 rings (SSSR count). The second-order valence-electron chi connectivity index (χ2n) is 3.96. The Morgan fingerprint density at radius 1 is 1.28 bits per heavy atom. The van der Waals surface area contributed by atoms with E-state index in [4.69, 9.17) is 9.47 Å². The topological polar surface area (TPSA) is 59.2 Å². The van der Waals surface area contributed by atoms with E-state index in [0.717, 1.165) is 22.7 Å². The van der Waals surface area contributed by atoms with E-state index in [1.54, 1.807) is 20.4 Å². The third-order valence-electron chi connectivity index (χ3n) is 2.80. The number of hydrogen-bond acceptors (Lipinski definition) is 4. The molecule has 1 aromatic carbocycles. The summed E-state index contributed by atoms with van der Waals surface area (Å²) in [4.78, 5) is 0. The fourth-order valence-corrected chi connectivity index (χ4v) is 1.73. The van der Waals surface area contributed by atoms with Gasteiger partial charge in [0.05, 0.1) is 32.1 Å². The summed E-state index contributed by atoms with van der Waals surface area (Å²) in [6, 6.07) is 5.83. The molecule has 0 bridgehead atoms. The zero-order valence-corrected chi connectivity index (χ0v) is 10.7. The zero-order valence-electron chi connectivity index (χ0n) is 10.7. The molecule has 1 unspecified atom stereocenters. The first-order valence-corrected chi connectivity index (χ1v) is 5.72. The van der Waals surface area contributed by atoms with Crippen LogP contribution in [0.25, 0.3) is 0 Å². The van der Waals surface area contributed by atoms with Gasteiger partial charge in [0.2, 0.25) is 0 Å². The van der Waals surface area contributed by atoms with Gasteiger partial charge in [-0.2, -0.15) is 5.10 Å². The van der Waals surface area contributed by atoms with Crippen molar-refractivity contribution < 1.29 is 9.47 Å². The van der Waals surface area contributed by atoms with Gasteiger partial charge < -0.3 is 14.8 Å². The summed E-state index contributed by atoms with van der Waals surface area (Å²) < 4.78 is 10.5. The van der Waals surface area contributed by atoms with E-state index < -0.39 is 0 Å². The molecule has 0 saturated heterocycles. The molecule has 1 heterocycles. The summed E-state index contributed by atoms with van der Waals surface area (Å²) in [6.07, 6.45) is 3.67. The van der Waals surface area contributed by atoms with E-state index in [0.29, 0.717) is 0 Å². The number of methoxy groups -OCH3 is 2. The second kappa shape index (κ2) is 5.44. The van der Waals surface area contributed by atoms with Crippen molar-refractivity contribution in [3.05, 3.63) is 36.2 Å². The number of ether oxygens (including phenoxy) is 2. The van der Waals surface area contributed by atoms with Gasteiger partial charge in [-0.1, -0.05) is 0 Å². The first-order valence-electron chi connectivity index (χ1n) is 5.72. The van der Waals surface area contributed by atoms with Crippen LogP contribution in [-0.4, -0.2) is 24.4 Å². The lowest BCUT2D eigenvalue weighted by atomic mass is 10.1. The lowest BCUT2D eigenvalue weighted by Gasteiger charge is -2.17. The van der Waals surface area contributed by atoms with E-state index in [1.165, 1.54) is 0 Å². The smallest absolute Gasteiger partial charge is 0.145 e. The molecule has 0 fully saturated rings. The molecule has 0 spiro atoms. The van der Waals surface area contributed by atoms with Gasteiger partial charge in [-0.3, -0.25) is 5.10 Å². The predicted molar refractivity (Wildman–Crippen MR) is 70.2 cm³/mol. The van der Waals surface area contributed by atoms with Crippen molar-refractivity contribution >= 4 is 5.69 Å². The monoisotopic (exact) mass is 247 g/mol. The van der Waals surface area contributed by atoms with Crippen molar-refractivity contribution in [1.29, 1.82) is 0 Å². The van der Waals surface area contributed by atoms with Gasteiger partial charge in [0, 0.05) is 17.8 Å². The third-order valence-corrected chi connectivity index (χ3v) is 2.80. The largest absolute Gasteiger partial charge is 0.497 e. The highest BCUT2D eigenvalue weighted by Gasteiger charge is 2.10. The molecule has 96 valence electrons. The first kappa shape index (κ1) is 12.3. The minimum Gasteiger partial charge on any atom is -0.497 e. The third kappa shape index (κ3) is 2.56. The van der Waals surface area contributed by atoms with Crippen LogP contribution in [0.2, 0.25) is 0 Å². The average molecular weight is 247 g/mol. The molecule has 0 aliphatic heterocycles. The van der Waals surface area contributed by atoms with Crippen molar-refractivity contribution in [1.82, 2.24) is 10.2 Å². The second-order valence-corrected chi connectivity index (χ2v) is 3.96. The molecule has 2 aromatic rings. The summed E-state index contributed by atoms with van der Waals surface area (Å²) in [5.41, 5.74) is 2.01. The molecule has 0 aliphatic carbocycles. The highest BCUT2D eigenvalue weighted by atomic mass is 16.5. The van der Waals surface area contributed by atoms with Gasteiger partial charge in [-0.25, -0.2) is 0 Å². The van der Waals surface area contributed by atoms with E-state index in [2.05, 4.69) is 22.4 Å². The molecule has 2 N–H and O–H groups in total. The number of benzene rings is 1. The van der Waals surface area contributed by atoms with Crippen LogP contribution < -0.4 is 14.8 Å². The first-order chi connectivity index (χ1) is 8.74. The van der Waals surface area contributed by atoms with E-state index in [1.807, 2.05) is 24.4 Å². The normalized spacial score (nSPS) is 11.9. The SMILES string of the molecule is COc1ccc(NC(C)c2cn[nH]c2)c(OC)c1. The van der Waals surface area contributed by atoms with Crippen LogP contribution in [0.3, 0.4) is 0 Å². The van der Waals surface area contributed by atoms with Crippen LogP contribution in [0.5, 0.6) is 11.5 Å². The Balaban J connectivity index is 2.18. The number of anilines is 1. The molecular weight excluding hydrogens is 230 g/mol. The maximum Gasteiger partial charge on any atom is 0.145 e. The molecule has 18 heavy (non-hydrogen) atoms. The van der Waals surface area contributed by atoms with Gasteiger partial charge in [0.1, 0.15) is 11.5 Å². The Morgan fingerprint density at radius 3 is 2.72 bits per heavy atom. The van der Waals surface area contributed by atoms with Crippen LogP contribution in [0.1, 0.15) is 18.5 Å². The number of hydrogen-bond donors (Lipinski definition) is 2. The van der Waals surface area contributed by atoms with Crippen molar-refractivity contribution in [3.8, 4) is 11.5 Å². The van der Waals surface area contributed by atoms with Crippen LogP contribution in [-0.2, 0) is 0 Å². The minimum atomic E-state index is 0.144. The fourth-order valence-electron chi connectivity index (χ4n) is 1.73. The Hall–Kier alpha value is -2.17. The highest BCUT2D eigenvalue weighted by Crippen LogP contribution is 2.31. The molecular formula is C13H17N3O2. The summed E-state index contributed by atoms with van der Waals surface area (Å²) in [6.45, 7) is 2.06. The van der Waals surface area contributed by atoms with Crippen LogP contribution in [0.4, 0.5) is 5.69 Å². The summed E-state index contributed by atoms with van der Waals surface area (Å²) in [7, 11) is 3.28. The molecule has 0 radical (unpaired) electrons. The maximum atomic E-state index is 5.34. The summed E-state index contributed by atoms with van der Waals surface area (Å²) >= 11 is 0. The molecule has 0 saturated carbocycles. The van der Waals surface area contributed by atoms with Crippen LogP contribution in [0, 0.1) is 0 Å². The number of aromatic nitrogens is 2. The molecule has 5 heteroatoms.